The van der Waals surface area contributed by atoms with Crippen molar-refractivity contribution >= 4 is 16.7 Å². The number of carbonyl (C=O) groups is 1. The van der Waals surface area contributed by atoms with E-state index in [1.165, 1.54) is 10.6 Å². The number of aromatic nitrogens is 1. The van der Waals surface area contributed by atoms with Crippen molar-refractivity contribution in [3.63, 3.8) is 0 Å². The molecule has 1 atom stereocenters. The maximum atomic E-state index is 12.5. The molecular formula is C21H21N2O3+. The topological polar surface area (TPSA) is 86.9 Å². The zero-order chi connectivity index (χ0) is 18.7. The van der Waals surface area contributed by atoms with E-state index >= 15 is 0 Å². The normalized spacial score (nSPS) is 12.5. The van der Waals surface area contributed by atoms with Crippen LogP contribution in [0.15, 0.2) is 71.5 Å². The zero-order valence-electron chi connectivity index (χ0n) is 14.6. The summed E-state index contributed by atoms with van der Waals surface area (Å²) in [4.78, 5) is 25.0. The predicted molar refractivity (Wildman–Crippen MR) is 101 cm³/mol. The molecule has 0 saturated heterocycles. The van der Waals surface area contributed by atoms with Crippen molar-refractivity contribution in [1.82, 2.24) is 4.57 Å². The number of rotatable bonds is 5. The molecular weight excluding hydrogens is 328 g/mol. The van der Waals surface area contributed by atoms with Crippen LogP contribution in [0.2, 0.25) is 0 Å². The molecule has 5 heteroatoms. The van der Waals surface area contributed by atoms with Crippen molar-refractivity contribution < 1.29 is 15.6 Å². The lowest BCUT2D eigenvalue weighted by atomic mass is 10.0. The van der Waals surface area contributed by atoms with E-state index in [1.807, 2.05) is 30.3 Å². The van der Waals surface area contributed by atoms with Crippen LogP contribution in [-0.4, -0.2) is 15.5 Å². The molecule has 0 unspecified atom stereocenters. The van der Waals surface area contributed by atoms with E-state index in [-0.39, 0.29) is 17.4 Å². The minimum Gasteiger partial charge on any atom is -0.506 e. The molecule has 0 aliphatic carbocycles. The largest absolute Gasteiger partial charge is 0.506 e. The van der Waals surface area contributed by atoms with Crippen LogP contribution < -0.4 is 11.3 Å². The lowest BCUT2D eigenvalue weighted by Gasteiger charge is -2.10. The van der Waals surface area contributed by atoms with Crippen molar-refractivity contribution in [3.05, 3.63) is 88.2 Å². The molecule has 5 nitrogen and oxygen atoms in total. The van der Waals surface area contributed by atoms with Gasteiger partial charge in [0.1, 0.15) is 17.4 Å². The lowest BCUT2D eigenvalue weighted by Crippen LogP contribution is -2.53. The number of hydrogen-bond donors (Lipinski definition) is 2. The van der Waals surface area contributed by atoms with Gasteiger partial charge in [0, 0.05) is 24.4 Å². The highest BCUT2D eigenvalue weighted by Gasteiger charge is 2.19. The highest BCUT2D eigenvalue weighted by atomic mass is 16.3. The van der Waals surface area contributed by atoms with Crippen LogP contribution >= 0.6 is 0 Å². The van der Waals surface area contributed by atoms with E-state index in [4.69, 9.17) is 0 Å². The van der Waals surface area contributed by atoms with Crippen LogP contribution in [0.25, 0.3) is 10.9 Å². The van der Waals surface area contributed by atoms with Crippen molar-refractivity contribution in [2.24, 2.45) is 7.05 Å². The van der Waals surface area contributed by atoms with Gasteiger partial charge < -0.3 is 15.4 Å². The van der Waals surface area contributed by atoms with Crippen molar-refractivity contribution in [3.8, 4) is 5.75 Å². The molecule has 0 amide bonds. The maximum Gasteiger partial charge on any atom is 0.265 e. The van der Waals surface area contributed by atoms with Crippen LogP contribution in [0.4, 0.5) is 0 Å². The molecule has 1 heterocycles. The quantitative estimate of drug-likeness (QED) is 0.547. The number of quaternary nitrogens is 1. The summed E-state index contributed by atoms with van der Waals surface area (Å²) in [5.41, 5.74) is 5.03. The number of aryl methyl sites for hydroxylation is 1. The fourth-order valence-corrected chi connectivity index (χ4v) is 2.99. The van der Waals surface area contributed by atoms with E-state index in [1.54, 1.807) is 37.4 Å². The van der Waals surface area contributed by atoms with Crippen LogP contribution in [0.1, 0.15) is 28.4 Å². The van der Waals surface area contributed by atoms with Crippen molar-refractivity contribution in [2.45, 2.75) is 12.5 Å². The number of nitrogens with zero attached hydrogens (tertiary/aromatic N) is 1. The van der Waals surface area contributed by atoms with E-state index in [9.17, 15) is 14.7 Å². The Hall–Kier alpha value is -3.18. The first-order valence-corrected chi connectivity index (χ1v) is 8.40. The van der Waals surface area contributed by atoms with Crippen molar-refractivity contribution in [2.75, 3.05) is 0 Å². The molecule has 0 radical (unpaired) electrons. The number of allylic oxidation sites excluding steroid dienone is 1. The van der Waals surface area contributed by atoms with E-state index < -0.39 is 11.3 Å². The predicted octanol–water partition coefficient (Wildman–Crippen LogP) is 2.36. The number of hydrogen-bond acceptors (Lipinski definition) is 3. The van der Waals surface area contributed by atoms with Gasteiger partial charge in [0.2, 0.25) is 0 Å². The average molecular weight is 349 g/mol. The summed E-state index contributed by atoms with van der Waals surface area (Å²) >= 11 is 0. The standard InChI is InChI=1S/C21H20N2O3/c1-23-17-12-6-5-10-15(17)20(25)19(21(23)26)18(24)13-7-11-16(22)14-8-3-2-4-9-14/h2-10,12-13,16,25H,11,22H2,1H3/p+1/b13-7+/t16-/m0/s1. The summed E-state index contributed by atoms with van der Waals surface area (Å²) in [7, 11) is 1.59. The highest BCUT2D eigenvalue weighted by molar-refractivity contribution is 6.09. The third-order valence-electron chi connectivity index (χ3n) is 4.48. The summed E-state index contributed by atoms with van der Waals surface area (Å²) in [5.74, 6) is -0.776. The minimum atomic E-state index is -0.509. The SMILES string of the molecule is Cn1c(=O)c(C(=O)/C=C/C[C@H]([NH3+])c2ccccc2)c(O)c2ccccc21. The smallest absolute Gasteiger partial charge is 0.265 e. The molecule has 1 aromatic heterocycles. The molecule has 0 saturated carbocycles. The van der Waals surface area contributed by atoms with Gasteiger partial charge in [-0.15, -0.1) is 0 Å². The summed E-state index contributed by atoms with van der Waals surface area (Å²) in [6.07, 6.45) is 3.60. The average Bonchev–Trinajstić information content (AvgIpc) is 2.67. The van der Waals surface area contributed by atoms with Gasteiger partial charge in [0.05, 0.1) is 5.52 Å². The summed E-state index contributed by atoms with van der Waals surface area (Å²) in [5, 5.41) is 10.9. The molecule has 3 aromatic rings. The van der Waals surface area contributed by atoms with E-state index in [0.29, 0.717) is 17.3 Å². The first kappa shape index (κ1) is 17.6. The molecule has 0 fully saturated rings. The Morgan fingerprint density at radius 1 is 1.15 bits per heavy atom. The molecule has 0 bridgehead atoms. The fourth-order valence-electron chi connectivity index (χ4n) is 2.99. The minimum absolute atomic E-state index is 0.00767. The number of fused-ring (bicyclic) bond motifs is 1. The van der Waals surface area contributed by atoms with Crippen molar-refractivity contribution in [1.29, 1.82) is 0 Å². The summed E-state index contributed by atoms with van der Waals surface area (Å²) in [6.45, 7) is 0. The zero-order valence-corrected chi connectivity index (χ0v) is 14.6. The highest BCUT2D eigenvalue weighted by Crippen LogP contribution is 2.26. The Labute approximate surface area is 151 Å². The number of para-hydroxylation sites is 1. The Kier molecular flexibility index (Phi) is 5.00. The Bertz CT molecular complexity index is 1040. The number of carbonyl (C=O) groups excluding carboxylic acids is 1. The number of benzene rings is 2. The second kappa shape index (κ2) is 7.37. The second-order valence-electron chi connectivity index (χ2n) is 6.21. The molecule has 26 heavy (non-hydrogen) atoms. The van der Waals surface area contributed by atoms with E-state index in [2.05, 4.69) is 5.73 Å². The molecule has 132 valence electrons. The number of pyridine rings is 1. The first-order chi connectivity index (χ1) is 12.5. The first-order valence-electron chi connectivity index (χ1n) is 8.40. The lowest BCUT2D eigenvalue weighted by molar-refractivity contribution is -0.425. The molecule has 3 rings (SSSR count). The van der Waals surface area contributed by atoms with Gasteiger partial charge in [-0.3, -0.25) is 9.59 Å². The van der Waals surface area contributed by atoms with Crippen LogP contribution in [0.3, 0.4) is 0 Å². The second-order valence-corrected chi connectivity index (χ2v) is 6.21. The Morgan fingerprint density at radius 3 is 2.54 bits per heavy atom. The number of aromatic hydroxyl groups is 1. The molecule has 4 N–H and O–H groups in total. The van der Waals surface area contributed by atoms with Gasteiger partial charge in [-0.25, -0.2) is 0 Å². The van der Waals surface area contributed by atoms with Crippen LogP contribution in [-0.2, 0) is 7.05 Å². The van der Waals surface area contributed by atoms with Gasteiger partial charge in [-0.1, -0.05) is 48.5 Å². The van der Waals surface area contributed by atoms with Gasteiger partial charge in [-0.05, 0) is 18.2 Å². The van der Waals surface area contributed by atoms with E-state index in [0.717, 1.165) is 5.56 Å². The molecule has 0 aliphatic rings. The summed E-state index contributed by atoms with van der Waals surface area (Å²) in [6, 6.07) is 16.8. The van der Waals surface area contributed by atoms with Gasteiger partial charge in [0.25, 0.3) is 5.56 Å². The maximum absolute atomic E-state index is 12.5. The van der Waals surface area contributed by atoms with Gasteiger partial charge in [-0.2, -0.15) is 0 Å². The molecule has 2 aromatic carbocycles. The molecule has 0 spiro atoms. The van der Waals surface area contributed by atoms with Crippen LogP contribution in [0.5, 0.6) is 5.75 Å². The third kappa shape index (κ3) is 3.30. The number of ketones is 1. The Morgan fingerprint density at radius 2 is 1.81 bits per heavy atom. The Balaban J connectivity index is 1.87. The molecule has 0 aliphatic heterocycles. The third-order valence-corrected chi connectivity index (χ3v) is 4.48. The summed E-state index contributed by atoms with van der Waals surface area (Å²) < 4.78 is 1.38. The fraction of sp³-hybridized carbons (Fsp3) is 0.143. The van der Waals surface area contributed by atoms with Gasteiger partial charge in [0.15, 0.2) is 5.78 Å². The van der Waals surface area contributed by atoms with Gasteiger partial charge >= 0.3 is 0 Å². The monoisotopic (exact) mass is 349 g/mol. The van der Waals surface area contributed by atoms with Crippen LogP contribution in [0, 0.1) is 0 Å².